The minimum atomic E-state index is -0.415. The third kappa shape index (κ3) is 5.32. The second-order valence-corrected chi connectivity index (χ2v) is 8.18. The Hall–Kier alpha value is -4.20. The number of benzene rings is 2. The van der Waals surface area contributed by atoms with Crippen molar-refractivity contribution in [3.63, 3.8) is 0 Å². The van der Waals surface area contributed by atoms with Crippen molar-refractivity contribution in [2.24, 2.45) is 0 Å². The maximum atomic E-state index is 13.7. The molecule has 0 unspecified atom stereocenters. The third-order valence-corrected chi connectivity index (χ3v) is 5.52. The average molecular weight is 475 g/mol. The number of halogens is 2. The quantitative estimate of drug-likeness (QED) is 0.355. The van der Waals surface area contributed by atoms with Crippen molar-refractivity contribution in [2.75, 3.05) is 12.8 Å². The number of aromatic nitrogens is 3. The van der Waals surface area contributed by atoms with Gasteiger partial charge in [-0.15, -0.1) is 0 Å². The summed E-state index contributed by atoms with van der Waals surface area (Å²) in [7, 11) is 1.49. The molecule has 0 atom stereocenters. The summed E-state index contributed by atoms with van der Waals surface area (Å²) in [6, 6.07) is 13.7. The van der Waals surface area contributed by atoms with Crippen LogP contribution in [0.5, 0.6) is 5.75 Å². The van der Waals surface area contributed by atoms with Crippen LogP contribution in [0.4, 0.5) is 14.6 Å². The van der Waals surface area contributed by atoms with Gasteiger partial charge in [0.05, 0.1) is 18.5 Å². The Bertz CT molecular complexity index is 1390. The van der Waals surface area contributed by atoms with Crippen molar-refractivity contribution in [3.05, 3.63) is 88.9 Å². The molecule has 0 aliphatic carbocycles. The lowest BCUT2D eigenvalue weighted by atomic mass is 10.0. The van der Waals surface area contributed by atoms with Crippen molar-refractivity contribution in [2.45, 2.75) is 26.7 Å². The summed E-state index contributed by atoms with van der Waals surface area (Å²) in [5.41, 5.74) is 10.5. The topological polar surface area (TPSA) is 91.0 Å². The predicted octanol–water partition coefficient (Wildman–Crippen LogP) is 5.51. The van der Waals surface area contributed by atoms with E-state index in [1.807, 2.05) is 26.0 Å². The Balaban J connectivity index is 1.76. The molecule has 4 rings (SSSR count). The Labute approximate surface area is 201 Å². The van der Waals surface area contributed by atoms with E-state index in [1.54, 1.807) is 12.1 Å². The molecule has 0 aliphatic heterocycles. The van der Waals surface area contributed by atoms with Gasteiger partial charge in [0.15, 0.2) is 11.6 Å². The van der Waals surface area contributed by atoms with Gasteiger partial charge in [-0.2, -0.15) is 0 Å². The third-order valence-electron chi connectivity index (χ3n) is 5.52. The summed E-state index contributed by atoms with van der Waals surface area (Å²) in [5, 5.41) is 0. The molecule has 2 heterocycles. The number of hydrogen-bond acceptors (Lipinski definition) is 6. The summed E-state index contributed by atoms with van der Waals surface area (Å²) >= 11 is 0. The van der Waals surface area contributed by atoms with Gasteiger partial charge < -0.3 is 10.5 Å². The number of anilines is 1. The normalized spacial score (nSPS) is 10.9. The summed E-state index contributed by atoms with van der Waals surface area (Å²) < 4.78 is 32.5. The summed E-state index contributed by atoms with van der Waals surface area (Å²) in [6.07, 6.45) is 0.270. The Morgan fingerprint density at radius 2 is 1.49 bits per heavy atom. The molecule has 0 amide bonds. The molecule has 6 nitrogen and oxygen atoms in total. The molecule has 0 radical (unpaired) electrons. The van der Waals surface area contributed by atoms with E-state index in [0.717, 1.165) is 11.4 Å². The van der Waals surface area contributed by atoms with Gasteiger partial charge in [0.2, 0.25) is 0 Å². The van der Waals surface area contributed by atoms with E-state index in [4.69, 9.17) is 10.5 Å². The van der Waals surface area contributed by atoms with Crippen LogP contribution in [0.1, 0.15) is 33.9 Å². The van der Waals surface area contributed by atoms with Crippen LogP contribution in [0.15, 0.2) is 54.6 Å². The predicted molar refractivity (Wildman–Crippen MR) is 130 cm³/mol. The van der Waals surface area contributed by atoms with E-state index in [-0.39, 0.29) is 36.0 Å². The number of pyridine rings is 1. The van der Waals surface area contributed by atoms with E-state index in [0.29, 0.717) is 33.8 Å². The Morgan fingerprint density at radius 3 is 2.14 bits per heavy atom. The number of hydrogen-bond donors (Lipinski definition) is 1. The van der Waals surface area contributed by atoms with Gasteiger partial charge in [-0.1, -0.05) is 0 Å². The van der Waals surface area contributed by atoms with Crippen LogP contribution in [0.3, 0.4) is 0 Å². The Kier molecular flexibility index (Phi) is 6.82. The van der Waals surface area contributed by atoms with Crippen LogP contribution in [0.2, 0.25) is 0 Å². The monoisotopic (exact) mass is 474 g/mol. The number of nitrogens with zero attached hydrogens (tertiary/aromatic N) is 3. The van der Waals surface area contributed by atoms with Gasteiger partial charge >= 0.3 is 0 Å². The van der Waals surface area contributed by atoms with Crippen LogP contribution in [-0.2, 0) is 6.42 Å². The highest BCUT2D eigenvalue weighted by Gasteiger charge is 2.21. The number of carbonyl (C=O) groups is 1. The lowest BCUT2D eigenvalue weighted by Crippen LogP contribution is -2.12. The number of ketones is 1. The summed E-state index contributed by atoms with van der Waals surface area (Å²) in [5.74, 6) is -0.677. The molecule has 2 N–H and O–H groups in total. The number of nitrogens with two attached hydrogens (primary N) is 1. The van der Waals surface area contributed by atoms with Crippen molar-refractivity contribution in [1.82, 2.24) is 15.0 Å². The second-order valence-electron chi connectivity index (χ2n) is 8.18. The fraction of sp³-hybridized carbons (Fsp3) is 0.185. The molecule has 4 aromatic rings. The molecule has 0 saturated carbocycles. The van der Waals surface area contributed by atoms with E-state index >= 15 is 0 Å². The van der Waals surface area contributed by atoms with Gasteiger partial charge in [-0.05, 0) is 80.4 Å². The van der Waals surface area contributed by atoms with Crippen LogP contribution < -0.4 is 10.5 Å². The minimum Gasteiger partial charge on any atom is -0.496 e. The summed E-state index contributed by atoms with van der Waals surface area (Å²) in [4.78, 5) is 26.7. The molecule has 0 bridgehead atoms. The molecule has 0 fully saturated rings. The largest absolute Gasteiger partial charge is 0.496 e. The molecular formula is C27H24F2N4O2. The van der Waals surface area contributed by atoms with Crippen LogP contribution in [-0.4, -0.2) is 27.8 Å². The van der Waals surface area contributed by atoms with Crippen LogP contribution in [0.25, 0.3) is 22.5 Å². The number of rotatable bonds is 7. The second kappa shape index (κ2) is 9.97. The van der Waals surface area contributed by atoms with Crippen molar-refractivity contribution in [3.8, 4) is 28.3 Å². The van der Waals surface area contributed by atoms with Crippen molar-refractivity contribution < 1.29 is 18.3 Å². The molecule has 8 heteroatoms. The number of carbonyl (C=O) groups excluding carboxylic acids is 1. The number of aryl methyl sites for hydroxylation is 3. The fourth-order valence-corrected chi connectivity index (χ4v) is 3.94. The number of methoxy groups -OCH3 is 1. The van der Waals surface area contributed by atoms with E-state index in [2.05, 4.69) is 15.0 Å². The average Bonchev–Trinajstić information content (AvgIpc) is 2.82. The maximum Gasteiger partial charge on any atom is 0.185 e. The van der Waals surface area contributed by atoms with Gasteiger partial charge in [0, 0.05) is 28.9 Å². The highest BCUT2D eigenvalue weighted by Crippen LogP contribution is 2.32. The number of ether oxygens (including phenoxy) is 1. The highest BCUT2D eigenvalue weighted by molar-refractivity contribution is 5.99. The smallest absolute Gasteiger partial charge is 0.185 e. The molecule has 35 heavy (non-hydrogen) atoms. The van der Waals surface area contributed by atoms with Crippen molar-refractivity contribution in [1.29, 1.82) is 0 Å². The van der Waals surface area contributed by atoms with Gasteiger partial charge in [0.1, 0.15) is 23.1 Å². The molecule has 2 aromatic heterocycles. The van der Waals surface area contributed by atoms with Crippen LogP contribution >= 0.6 is 0 Å². The van der Waals surface area contributed by atoms with Crippen molar-refractivity contribution >= 4 is 11.6 Å². The first kappa shape index (κ1) is 23.9. The zero-order chi connectivity index (χ0) is 25.1. The molecule has 0 aliphatic rings. The Morgan fingerprint density at radius 1 is 0.857 bits per heavy atom. The zero-order valence-corrected chi connectivity index (χ0v) is 19.6. The molecular weight excluding hydrogens is 450 g/mol. The number of nitrogen functional groups attached to an aromatic ring is 1. The first-order valence-electron chi connectivity index (χ1n) is 11.0. The zero-order valence-electron chi connectivity index (χ0n) is 19.6. The molecule has 0 spiro atoms. The SMILES string of the molecule is COc1ccc(F)cc1CCC(=O)c1nc(-c2cc(C)nc(C)c2)c(-c2ccc(F)cc2)nc1N. The van der Waals surface area contributed by atoms with Gasteiger partial charge in [0.25, 0.3) is 0 Å². The first-order chi connectivity index (χ1) is 16.7. The number of Topliss-reactive ketones (excluding diaryl/α,β-unsaturated/α-hetero) is 1. The maximum absolute atomic E-state index is 13.7. The lowest BCUT2D eigenvalue weighted by molar-refractivity contribution is 0.0978. The fourth-order valence-electron chi connectivity index (χ4n) is 3.94. The van der Waals surface area contributed by atoms with E-state index in [1.165, 1.54) is 37.4 Å². The molecule has 0 saturated heterocycles. The highest BCUT2D eigenvalue weighted by atomic mass is 19.1. The van der Waals surface area contributed by atoms with E-state index < -0.39 is 5.82 Å². The van der Waals surface area contributed by atoms with E-state index in [9.17, 15) is 13.6 Å². The minimum absolute atomic E-state index is 0.0216. The lowest BCUT2D eigenvalue weighted by Gasteiger charge is -2.14. The standard InChI is InChI=1S/C27H24F2N4O2/c1-15-12-19(13-16(2)31-15)25-24(17-4-7-20(28)8-5-17)33-27(30)26(32-25)22(34)10-6-18-14-21(29)9-11-23(18)35-3/h4-5,7-9,11-14H,6,10H2,1-3H3,(H2,30,33). The molecule has 2 aromatic carbocycles. The first-order valence-corrected chi connectivity index (χ1v) is 11.0. The molecule has 178 valence electrons. The van der Waals surface area contributed by atoms with Crippen LogP contribution in [0, 0.1) is 25.5 Å². The summed E-state index contributed by atoms with van der Waals surface area (Å²) in [6.45, 7) is 3.72. The van der Waals surface area contributed by atoms with Gasteiger partial charge in [-0.25, -0.2) is 18.7 Å². The van der Waals surface area contributed by atoms with Gasteiger partial charge in [-0.3, -0.25) is 9.78 Å².